The number of nitrogens with two attached hydrogens (primary N) is 1. The lowest BCUT2D eigenvalue weighted by Crippen LogP contribution is -2.40. The van der Waals surface area contributed by atoms with Gasteiger partial charge in [0.1, 0.15) is 12.1 Å². The maximum absolute atomic E-state index is 11.6. The Morgan fingerprint density at radius 2 is 2.00 bits per heavy atom. The first-order chi connectivity index (χ1) is 7.52. The van der Waals surface area contributed by atoms with Crippen molar-refractivity contribution in [3.63, 3.8) is 0 Å². The molecule has 0 spiro atoms. The number of ether oxygens (including phenoxy) is 2. The highest BCUT2D eigenvalue weighted by atomic mass is 16.6. The van der Waals surface area contributed by atoms with E-state index in [-0.39, 0.29) is 24.3 Å². The molecule has 0 aromatic rings. The van der Waals surface area contributed by atoms with Crippen LogP contribution >= 0.6 is 0 Å². The van der Waals surface area contributed by atoms with Crippen LogP contribution in [0.2, 0.25) is 0 Å². The summed E-state index contributed by atoms with van der Waals surface area (Å²) < 4.78 is 11.0. The zero-order valence-corrected chi connectivity index (χ0v) is 10.4. The van der Waals surface area contributed by atoms with Gasteiger partial charge in [0.2, 0.25) is 0 Å². The van der Waals surface area contributed by atoms with Crippen LogP contribution in [0.15, 0.2) is 0 Å². The van der Waals surface area contributed by atoms with E-state index < -0.39 is 6.04 Å². The van der Waals surface area contributed by atoms with Gasteiger partial charge in [-0.1, -0.05) is 13.3 Å². The van der Waals surface area contributed by atoms with E-state index in [1.165, 1.54) is 0 Å². The summed E-state index contributed by atoms with van der Waals surface area (Å²) >= 11 is 0. The van der Waals surface area contributed by atoms with Gasteiger partial charge in [0, 0.05) is 12.8 Å². The van der Waals surface area contributed by atoms with Gasteiger partial charge in [-0.25, -0.2) is 0 Å². The molecule has 4 nitrogen and oxygen atoms in total. The first-order valence-electron chi connectivity index (χ1n) is 6.14. The van der Waals surface area contributed by atoms with Gasteiger partial charge in [-0.2, -0.15) is 0 Å². The number of esters is 1. The lowest BCUT2D eigenvalue weighted by atomic mass is 10.0. The fraction of sp³-hybridized carbons (Fsp3) is 0.917. The summed E-state index contributed by atoms with van der Waals surface area (Å²) in [5.74, 6) is -0.270. The summed E-state index contributed by atoms with van der Waals surface area (Å²) in [5.41, 5.74) is 5.71. The zero-order chi connectivity index (χ0) is 12.1. The Kier molecular flexibility index (Phi) is 5.22. The Morgan fingerprint density at radius 3 is 2.50 bits per heavy atom. The van der Waals surface area contributed by atoms with Crippen LogP contribution < -0.4 is 5.73 Å². The van der Waals surface area contributed by atoms with E-state index in [2.05, 4.69) is 0 Å². The van der Waals surface area contributed by atoms with Crippen LogP contribution in [0.5, 0.6) is 0 Å². The topological polar surface area (TPSA) is 61.6 Å². The maximum atomic E-state index is 11.6. The summed E-state index contributed by atoms with van der Waals surface area (Å²) in [7, 11) is 0. The van der Waals surface area contributed by atoms with E-state index in [1.807, 2.05) is 20.8 Å². The van der Waals surface area contributed by atoms with Crippen molar-refractivity contribution in [3.8, 4) is 0 Å². The molecule has 0 aromatic heterocycles. The molecule has 2 N–H and O–H groups in total. The smallest absolute Gasteiger partial charge is 0.323 e. The van der Waals surface area contributed by atoms with Crippen LogP contribution in [0, 0.1) is 0 Å². The highest BCUT2D eigenvalue weighted by Crippen LogP contribution is 2.22. The molecule has 0 aromatic carbocycles. The molecule has 4 heteroatoms. The van der Waals surface area contributed by atoms with Gasteiger partial charge in [0.25, 0.3) is 0 Å². The number of hydrogen-bond donors (Lipinski definition) is 1. The van der Waals surface area contributed by atoms with Crippen LogP contribution in [-0.4, -0.2) is 30.3 Å². The molecule has 0 aliphatic carbocycles. The molecule has 0 saturated carbocycles. The fourth-order valence-electron chi connectivity index (χ4n) is 2.12. The Bertz CT molecular complexity index is 222. The summed E-state index contributed by atoms with van der Waals surface area (Å²) in [6, 6.07) is -0.474. The molecule has 94 valence electrons. The minimum Gasteiger partial charge on any atom is -0.461 e. The number of carbonyl (C=O) groups excluding carboxylic acids is 1. The monoisotopic (exact) mass is 229 g/mol. The predicted octanol–water partition coefficient (Wildman–Crippen LogP) is 1.61. The Labute approximate surface area is 97.5 Å². The van der Waals surface area contributed by atoms with Crippen molar-refractivity contribution in [2.24, 2.45) is 5.73 Å². The van der Waals surface area contributed by atoms with E-state index in [4.69, 9.17) is 15.2 Å². The second kappa shape index (κ2) is 6.21. The van der Waals surface area contributed by atoms with Gasteiger partial charge in [0.05, 0.1) is 12.2 Å². The van der Waals surface area contributed by atoms with Crippen molar-refractivity contribution in [2.45, 2.75) is 70.8 Å². The summed E-state index contributed by atoms with van der Waals surface area (Å²) in [5, 5.41) is 0. The van der Waals surface area contributed by atoms with Gasteiger partial charge in [-0.3, -0.25) is 4.79 Å². The second-order valence-electron chi connectivity index (χ2n) is 4.68. The number of rotatable bonds is 4. The van der Waals surface area contributed by atoms with E-state index in [0.717, 1.165) is 19.3 Å². The SMILES string of the molecule is CCCC(N)C(=O)OC1CC(C)OC(C)C1. The number of carbonyl (C=O) groups is 1. The van der Waals surface area contributed by atoms with Crippen molar-refractivity contribution in [2.75, 3.05) is 0 Å². The third-order valence-corrected chi connectivity index (χ3v) is 2.84. The number of hydrogen-bond acceptors (Lipinski definition) is 4. The Balaban J connectivity index is 2.38. The summed E-state index contributed by atoms with van der Waals surface area (Å²) in [6.45, 7) is 6.01. The summed E-state index contributed by atoms with van der Waals surface area (Å²) in [6.07, 6.45) is 3.41. The van der Waals surface area contributed by atoms with Crippen LogP contribution in [0.3, 0.4) is 0 Å². The lowest BCUT2D eigenvalue weighted by molar-refractivity contribution is -0.161. The molecule has 1 heterocycles. The van der Waals surface area contributed by atoms with Crippen molar-refractivity contribution >= 4 is 5.97 Å². The van der Waals surface area contributed by atoms with Crippen LogP contribution in [0.25, 0.3) is 0 Å². The molecular formula is C12H23NO3. The third kappa shape index (κ3) is 4.10. The predicted molar refractivity (Wildman–Crippen MR) is 62.0 cm³/mol. The van der Waals surface area contributed by atoms with Crippen LogP contribution in [0.4, 0.5) is 0 Å². The standard InChI is InChI=1S/C12H23NO3/c1-4-5-11(13)12(14)16-10-6-8(2)15-9(3)7-10/h8-11H,4-7,13H2,1-3H3. The van der Waals surface area contributed by atoms with Gasteiger partial charge in [-0.05, 0) is 20.3 Å². The van der Waals surface area contributed by atoms with Gasteiger partial charge < -0.3 is 15.2 Å². The highest BCUT2D eigenvalue weighted by molar-refractivity contribution is 5.75. The zero-order valence-electron chi connectivity index (χ0n) is 10.4. The summed E-state index contributed by atoms with van der Waals surface area (Å²) in [4.78, 5) is 11.6. The quantitative estimate of drug-likeness (QED) is 0.744. The molecule has 16 heavy (non-hydrogen) atoms. The molecule has 0 bridgehead atoms. The lowest BCUT2D eigenvalue weighted by Gasteiger charge is -2.32. The minimum absolute atomic E-state index is 0.0332. The van der Waals surface area contributed by atoms with Crippen molar-refractivity contribution in [1.29, 1.82) is 0 Å². The van der Waals surface area contributed by atoms with Crippen LogP contribution in [-0.2, 0) is 14.3 Å². The minimum atomic E-state index is -0.474. The highest BCUT2D eigenvalue weighted by Gasteiger charge is 2.28. The molecule has 0 radical (unpaired) electrons. The molecule has 3 unspecified atom stereocenters. The molecule has 1 rings (SSSR count). The van der Waals surface area contributed by atoms with Crippen molar-refractivity contribution < 1.29 is 14.3 Å². The molecule has 1 aliphatic rings. The van der Waals surface area contributed by atoms with Gasteiger partial charge >= 0.3 is 5.97 Å². The normalized spacial score (nSPS) is 32.1. The van der Waals surface area contributed by atoms with Gasteiger partial charge in [-0.15, -0.1) is 0 Å². The van der Waals surface area contributed by atoms with Crippen molar-refractivity contribution in [3.05, 3.63) is 0 Å². The molecule has 0 amide bonds. The third-order valence-electron chi connectivity index (χ3n) is 2.84. The van der Waals surface area contributed by atoms with Crippen LogP contribution in [0.1, 0.15) is 46.5 Å². The largest absolute Gasteiger partial charge is 0.461 e. The first-order valence-corrected chi connectivity index (χ1v) is 6.14. The second-order valence-corrected chi connectivity index (χ2v) is 4.68. The first kappa shape index (κ1) is 13.5. The van der Waals surface area contributed by atoms with E-state index >= 15 is 0 Å². The average Bonchev–Trinajstić information content (AvgIpc) is 2.16. The fourth-order valence-corrected chi connectivity index (χ4v) is 2.12. The van der Waals surface area contributed by atoms with Gasteiger partial charge in [0.15, 0.2) is 0 Å². The van der Waals surface area contributed by atoms with E-state index in [9.17, 15) is 4.79 Å². The molecule has 3 atom stereocenters. The van der Waals surface area contributed by atoms with E-state index in [1.54, 1.807) is 0 Å². The molecule has 1 saturated heterocycles. The van der Waals surface area contributed by atoms with E-state index in [0.29, 0.717) is 6.42 Å². The Hall–Kier alpha value is -0.610. The molecule has 1 fully saturated rings. The van der Waals surface area contributed by atoms with Crippen molar-refractivity contribution in [1.82, 2.24) is 0 Å². The maximum Gasteiger partial charge on any atom is 0.323 e. The Morgan fingerprint density at radius 1 is 1.44 bits per heavy atom. The molecular weight excluding hydrogens is 206 g/mol. The molecule has 1 aliphatic heterocycles. The average molecular weight is 229 g/mol.